The van der Waals surface area contributed by atoms with Crippen LogP contribution < -0.4 is 20.1 Å². The number of halogens is 1. The third-order valence-corrected chi connectivity index (χ3v) is 5.81. The molecule has 0 saturated carbocycles. The van der Waals surface area contributed by atoms with Crippen LogP contribution in [0.2, 0.25) is 0 Å². The minimum Gasteiger partial charge on any atom is -0.426 e. The molecule has 7 nitrogen and oxygen atoms in total. The number of esters is 2. The smallest absolute Gasteiger partial charge is 0.311 e. The maximum atomic E-state index is 13.1. The Labute approximate surface area is 205 Å². The highest BCUT2D eigenvalue weighted by atomic mass is 79.9. The van der Waals surface area contributed by atoms with E-state index >= 15 is 0 Å². The lowest BCUT2D eigenvalue weighted by Gasteiger charge is -2.15. The number of anilines is 2. The minimum atomic E-state index is -0.477. The first-order valence-electron chi connectivity index (χ1n) is 10.8. The number of carbonyl (C=O) groups is 3. The predicted octanol–water partition coefficient (Wildman–Crippen LogP) is 5.13. The van der Waals surface area contributed by atoms with Crippen molar-refractivity contribution in [2.45, 2.75) is 26.2 Å². The van der Waals surface area contributed by atoms with Crippen LogP contribution in [0.25, 0.3) is 0 Å². The molecule has 0 aromatic heterocycles. The summed E-state index contributed by atoms with van der Waals surface area (Å²) in [6.07, 6.45) is 1.03. The van der Waals surface area contributed by atoms with Crippen LogP contribution in [0.1, 0.15) is 34.8 Å². The van der Waals surface area contributed by atoms with Gasteiger partial charge in [0, 0.05) is 34.9 Å². The first-order chi connectivity index (χ1) is 16.4. The van der Waals surface area contributed by atoms with Gasteiger partial charge >= 0.3 is 11.9 Å². The molecule has 1 amide bonds. The lowest BCUT2D eigenvalue weighted by molar-refractivity contribution is -0.134. The Hall–Kier alpha value is -3.65. The summed E-state index contributed by atoms with van der Waals surface area (Å²) >= 11 is 3.39. The summed E-state index contributed by atoms with van der Waals surface area (Å²) in [7, 11) is 0. The van der Waals surface area contributed by atoms with E-state index in [1.165, 1.54) is 6.92 Å². The van der Waals surface area contributed by atoms with Gasteiger partial charge in [0.2, 0.25) is 0 Å². The van der Waals surface area contributed by atoms with E-state index in [1.54, 1.807) is 36.4 Å². The molecule has 0 saturated heterocycles. The van der Waals surface area contributed by atoms with E-state index in [0.29, 0.717) is 30.8 Å². The molecule has 0 aliphatic carbocycles. The Balaban J connectivity index is 1.52. The van der Waals surface area contributed by atoms with Crippen LogP contribution in [0.3, 0.4) is 0 Å². The van der Waals surface area contributed by atoms with Crippen LogP contribution in [0.4, 0.5) is 11.4 Å². The summed E-state index contributed by atoms with van der Waals surface area (Å²) < 4.78 is 11.8. The van der Waals surface area contributed by atoms with Crippen molar-refractivity contribution in [2.24, 2.45) is 0 Å². The van der Waals surface area contributed by atoms with Crippen molar-refractivity contribution < 1.29 is 23.9 Å². The summed E-state index contributed by atoms with van der Waals surface area (Å²) in [6, 6.07) is 17.8. The fourth-order valence-electron chi connectivity index (χ4n) is 3.79. The number of para-hydroxylation sites is 1. The van der Waals surface area contributed by atoms with E-state index in [1.807, 2.05) is 24.3 Å². The highest BCUT2D eigenvalue weighted by Crippen LogP contribution is 2.35. The highest BCUT2D eigenvalue weighted by molar-refractivity contribution is 9.10. The normalized spacial score (nSPS) is 11.8. The average molecular weight is 523 g/mol. The molecule has 2 N–H and O–H groups in total. The quantitative estimate of drug-likeness (QED) is 0.330. The van der Waals surface area contributed by atoms with Gasteiger partial charge in [0.1, 0.15) is 11.5 Å². The van der Waals surface area contributed by atoms with Gasteiger partial charge in [0.05, 0.1) is 12.0 Å². The minimum absolute atomic E-state index is 0.0576. The van der Waals surface area contributed by atoms with Crippen LogP contribution in [-0.4, -0.2) is 24.4 Å². The van der Waals surface area contributed by atoms with Gasteiger partial charge < -0.3 is 20.1 Å². The lowest BCUT2D eigenvalue weighted by atomic mass is 10.0. The molecule has 3 aromatic rings. The Bertz CT molecular complexity index is 1260. The molecular weight excluding hydrogens is 500 g/mol. The summed E-state index contributed by atoms with van der Waals surface area (Å²) in [5.41, 5.74) is 3.29. The molecule has 8 heteroatoms. The van der Waals surface area contributed by atoms with E-state index < -0.39 is 11.9 Å². The van der Waals surface area contributed by atoms with Crippen molar-refractivity contribution in [3.05, 3.63) is 81.8 Å². The number of fused-ring (bicyclic) bond motifs is 1. The first-order valence-corrected chi connectivity index (χ1v) is 11.6. The Morgan fingerprint density at radius 2 is 1.85 bits per heavy atom. The van der Waals surface area contributed by atoms with Crippen LogP contribution in [-0.2, 0) is 22.4 Å². The number of benzene rings is 3. The maximum absolute atomic E-state index is 13.1. The number of amides is 1. The fourth-order valence-corrected chi connectivity index (χ4v) is 4.19. The molecule has 4 rings (SSSR count). The summed E-state index contributed by atoms with van der Waals surface area (Å²) in [5, 5.41) is 6.10. The van der Waals surface area contributed by atoms with Crippen molar-refractivity contribution in [2.75, 3.05) is 17.2 Å². The van der Waals surface area contributed by atoms with Gasteiger partial charge in [-0.1, -0.05) is 40.2 Å². The van der Waals surface area contributed by atoms with E-state index in [9.17, 15) is 14.4 Å². The van der Waals surface area contributed by atoms with E-state index in [2.05, 4.69) is 26.6 Å². The first kappa shape index (κ1) is 23.5. The SMILES string of the molecule is CC(=O)Oc1ccccc1CCC(=O)Oc1c(C(=O)Nc2cccc(Br)c2)ccc2c1CCN2. The molecular formula is C26H23BrN2O5. The number of aryl methyl sites for hydroxylation is 1. The van der Waals surface area contributed by atoms with Crippen molar-refractivity contribution in [1.29, 1.82) is 0 Å². The molecule has 0 fully saturated rings. The van der Waals surface area contributed by atoms with Gasteiger partial charge in [-0.3, -0.25) is 14.4 Å². The molecule has 0 unspecified atom stereocenters. The number of hydrogen-bond acceptors (Lipinski definition) is 6. The van der Waals surface area contributed by atoms with Gasteiger partial charge in [0.25, 0.3) is 5.91 Å². The molecule has 34 heavy (non-hydrogen) atoms. The Kier molecular flexibility index (Phi) is 7.27. The van der Waals surface area contributed by atoms with Crippen molar-refractivity contribution in [1.82, 2.24) is 0 Å². The third-order valence-electron chi connectivity index (χ3n) is 5.32. The van der Waals surface area contributed by atoms with Crippen LogP contribution in [0.15, 0.2) is 65.1 Å². The maximum Gasteiger partial charge on any atom is 0.311 e. The number of nitrogens with one attached hydrogen (secondary N) is 2. The molecule has 0 atom stereocenters. The Morgan fingerprint density at radius 3 is 2.65 bits per heavy atom. The molecule has 0 bridgehead atoms. The molecule has 3 aromatic carbocycles. The summed E-state index contributed by atoms with van der Waals surface area (Å²) in [5.74, 6) is -0.580. The topological polar surface area (TPSA) is 93.7 Å². The second-order valence-electron chi connectivity index (χ2n) is 7.79. The molecule has 0 radical (unpaired) electrons. The van der Waals surface area contributed by atoms with Gasteiger partial charge in [-0.25, -0.2) is 0 Å². The monoisotopic (exact) mass is 522 g/mol. The Morgan fingerprint density at radius 1 is 1.03 bits per heavy atom. The van der Waals surface area contributed by atoms with Crippen molar-refractivity contribution >= 4 is 45.2 Å². The van der Waals surface area contributed by atoms with Gasteiger partial charge in [-0.15, -0.1) is 0 Å². The van der Waals surface area contributed by atoms with Crippen LogP contribution >= 0.6 is 15.9 Å². The summed E-state index contributed by atoms with van der Waals surface area (Å²) in [6.45, 7) is 2.03. The van der Waals surface area contributed by atoms with Crippen LogP contribution in [0, 0.1) is 0 Å². The van der Waals surface area contributed by atoms with Gasteiger partial charge in [-0.2, -0.15) is 0 Å². The zero-order chi connectivity index (χ0) is 24.1. The predicted molar refractivity (Wildman–Crippen MR) is 132 cm³/mol. The molecule has 1 aliphatic heterocycles. The van der Waals surface area contributed by atoms with Crippen molar-refractivity contribution in [3.63, 3.8) is 0 Å². The highest BCUT2D eigenvalue weighted by Gasteiger charge is 2.25. The molecule has 0 spiro atoms. The molecule has 174 valence electrons. The average Bonchev–Trinajstić information content (AvgIpc) is 3.28. The van der Waals surface area contributed by atoms with Crippen molar-refractivity contribution in [3.8, 4) is 11.5 Å². The van der Waals surface area contributed by atoms with Gasteiger partial charge in [0.15, 0.2) is 0 Å². The zero-order valence-corrected chi connectivity index (χ0v) is 20.1. The van der Waals surface area contributed by atoms with E-state index in [0.717, 1.165) is 21.3 Å². The fraction of sp³-hybridized carbons (Fsp3) is 0.192. The second-order valence-corrected chi connectivity index (χ2v) is 8.70. The van der Waals surface area contributed by atoms with E-state index in [-0.39, 0.29) is 23.6 Å². The number of ether oxygens (including phenoxy) is 2. The standard InChI is InChI=1S/C26H23BrN2O5/c1-16(30)33-23-8-3-2-5-17(23)9-12-24(31)34-25-20-13-14-28-22(20)11-10-21(25)26(32)29-19-7-4-6-18(27)15-19/h2-8,10-11,15,28H,9,12-14H2,1H3,(H,29,32). The number of hydrogen-bond donors (Lipinski definition) is 2. The van der Waals surface area contributed by atoms with Crippen LogP contribution in [0.5, 0.6) is 11.5 Å². The second kappa shape index (κ2) is 10.5. The van der Waals surface area contributed by atoms with E-state index in [4.69, 9.17) is 9.47 Å². The number of rotatable bonds is 7. The molecule has 1 heterocycles. The lowest BCUT2D eigenvalue weighted by Crippen LogP contribution is -2.17. The number of carbonyl (C=O) groups excluding carboxylic acids is 3. The zero-order valence-electron chi connectivity index (χ0n) is 18.5. The molecule has 1 aliphatic rings. The third kappa shape index (κ3) is 5.63. The largest absolute Gasteiger partial charge is 0.426 e. The van der Waals surface area contributed by atoms with Gasteiger partial charge in [-0.05, 0) is 54.8 Å². The summed E-state index contributed by atoms with van der Waals surface area (Å²) in [4.78, 5) is 37.2.